The zero-order chi connectivity index (χ0) is 49.0. The maximum absolute atomic E-state index is 14.3. The Kier molecular flexibility index (Phi) is 14.6. The molecule has 0 spiro atoms. The van der Waals surface area contributed by atoms with Gasteiger partial charge in [-0.1, -0.05) is 12.1 Å². The van der Waals surface area contributed by atoms with Crippen LogP contribution >= 0.6 is 0 Å². The van der Waals surface area contributed by atoms with Crippen LogP contribution in [0.2, 0.25) is 0 Å². The SMILES string of the molecule is CCO[C@H](Cn1c(=NC(=O)c2cc(C)nn2CC)n(C)c2cc(C(N)=O)ccc21)[C@@H](Cn1c(=NC(=O)c2cc(C)nn2CC)n(C)c2cc(C(N)=O)cc(OCc3ccc(OC)cc3)c21)OCC. The summed E-state index contributed by atoms with van der Waals surface area (Å²) in [5.41, 5.74) is 17.5. The van der Waals surface area contributed by atoms with Crippen molar-refractivity contribution >= 4 is 45.7 Å². The first kappa shape index (κ1) is 48.4. The van der Waals surface area contributed by atoms with Crippen LogP contribution in [-0.4, -0.2) is 94.0 Å². The number of imidazole rings is 2. The largest absolute Gasteiger partial charge is 0.497 e. The summed E-state index contributed by atoms with van der Waals surface area (Å²) in [5, 5.41) is 8.94. The molecule has 0 aliphatic heterocycles. The minimum Gasteiger partial charge on any atom is -0.497 e. The number of carbonyl (C=O) groups excluding carboxylic acids is 4. The number of amides is 4. The van der Waals surface area contributed by atoms with Crippen molar-refractivity contribution in [3.05, 3.63) is 117 Å². The van der Waals surface area contributed by atoms with Gasteiger partial charge in [0, 0.05) is 51.5 Å². The van der Waals surface area contributed by atoms with E-state index >= 15 is 0 Å². The molecule has 4 aromatic heterocycles. The van der Waals surface area contributed by atoms with Crippen LogP contribution in [0.1, 0.15) is 86.3 Å². The third-order valence-corrected chi connectivity index (χ3v) is 11.7. The van der Waals surface area contributed by atoms with Gasteiger partial charge in [0.2, 0.25) is 23.1 Å². The average molecular weight is 931 g/mol. The van der Waals surface area contributed by atoms with Gasteiger partial charge in [0.05, 0.1) is 48.1 Å². The molecule has 0 aliphatic rings. The molecule has 0 radical (unpaired) electrons. The lowest BCUT2D eigenvalue weighted by atomic mass is 10.1. The number of aryl methyl sites for hydroxylation is 6. The minimum atomic E-state index is -0.770. The summed E-state index contributed by atoms with van der Waals surface area (Å²) in [6.07, 6.45) is -1.52. The molecule has 4 N–H and O–H groups in total. The van der Waals surface area contributed by atoms with Crippen LogP contribution in [0.4, 0.5) is 0 Å². The van der Waals surface area contributed by atoms with Crippen LogP contribution in [0.25, 0.3) is 22.1 Å². The van der Waals surface area contributed by atoms with Gasteiger partial charge in [-0.25, -0.2) is 0 Å². The molecular formula is C48H58N12O8. The molecule has 0 fully saturated rings. The lowest BCUT2D eigenvalue weighted by Crippen LogP contribution is -2.43. The number of aromatic nitrogens is 8. The van der Waals surface area contributed by atoms with Crippen LogP contribution in [0.15, 0.2) is 76.7 Å². The van der Waals surface area contributed by atoms with E-state index in [0.717, 1.165) is 5.56 Å². The van der Waals surface area contributed by atoms with Gasteiger partial charge < -0.3 is 48.7 Å². The van der Waals surface area contributed by atoms with E-state index in [1.807, 2.05) is 68.0 Å². The normalized spacial score (nSPS) is 13.1. The standard InChI is InChI=1S/C48H58N12O8/c1-10-59-37(20-28(5)53-59)45(63)51-47-55(7)35-22-31(43(49)61)16-19-34(35)57(47)25-40(66-12-3)41(67-13-4)26-58-42-36(56(8)48(58)52-46(64)38-21-29(6)54-60(38)11-2)23-32(44(50)62)24-39(42)68-27-30-14-17-33(65-9)18-15-30/h14-24,40-41H,10-13,25-27H2,1-9H3,(H2,49,61)(H2,50,62)/t40-,41-/m1/s1. The number of nitrogens with zero attached hydrogens (tertiary/aromatic N) is 10. The lowest BCUT2D eigenvalue weighted by molar-refractivity contribution is -0.0801. The molecule has 7 rings (SSSR count). The average Bonchev–Trinajstić information content (AvgIpc) is 4.05. The van der Waals surface area contributed by atoms with Gasteiger partial charge in [0.1, 0.15) is 47.2 Å². The molecule has 20 nitrogen and oxygen atoms in total. The first-order chi connectivity index (χ1) is 32.6. The van der Waals surface area contributed by atoms with E-state index < -0.39 is 35.8 Å². The van der Waals surface area contributed by atoms with Crippen LogP contribution in [0.5, 0.6) is 11.5 Å². The fourth-order valence-electron chi connectivity index (χ4n) is 8.39. The van der Waals surface area contributed by atoms with Crippen molar-refractivity contribution in [1.82, 2.24) is 37.8 Å². The number of rotatable bonds is 19. The first-order valence-corrected chi connectivity index (χ1v) is 22.4. The van der Waals surface area contributed by atoms with Crippen molar-refractivity contribution in [1.29, 1.82) is 0 Å². The molecule has 4 amide bonds. The Morgan fingerprint density at radius 2 is 1.16 bits per heavy atom. The Labute approximate surface area is 392 Å². The highest BCUT2D eigenvalue weighted by atomic mass is 16.5. The van der Waals surface area contributed by atoms with Gasteiger partial charge in [-0.2, -0.15) is 20.2 Å². The molecule has 0 saturated heterocycles. The molecular weight excluding hydrogens is 873 g/mol. The number of fused-ring (bicyclic) bond motifs is 2. The maximum atomic E-state index is 14.3. The number of methoxy groups -OCH3 is 1. The summed E-state index contributed by atoms with van der Waals surface area (Å²) < 4.78 is 35.4. The number of hydrogen-bond acceptors (Lipinski definition) is 10. The number of benzene rings is 3. The van der Waals surface area contributed by atoms with E-state index in [2.05, 4.69) is 15.2 Å². The quantitative estimate of drug-likeness (QED) is 0.118. The summed E-state index contributed by atoms with van der Waals surface area (Å²) in [4.78, 5) is 63.0. The van der Waals surface area contributed by atoms with Crippen LogP contribution in [0, 0.1) is 13.8 Å². The molecule has 0 saturated carbocycles. The Hall–Kier alpha value is -7.58. The molecule has 0 bridgehead atoms. The topological polar surface area (TPSA) is 237 Å². The Bertz CT molecular complexity index is 3180. The van der Waals surface area contributed by atoms with Gasteiger partial charge in [-0.05, 0) is 102 Å². The van der Waals surface area contributed by atoms with Crippen molar-refractivity contribution in [3.8, 4) is 11.5 Å². The summed E-state index contributed by atoms with van der Waals surface area (Å²) in [6, 6.07) is 19.0. The summed E-state index contributed by atoms with van der Waals surface area (Å²) >= 11 is 0. The van der Waals surface area contributed by atoms with E-state index in [-0.39, 0.29) is 55.3 Å². The Morgan fingerprint density at radius 1 is 0.647 bits per heavy atom. The lowest BCUT2D eigenvalue weighted by Gasteiger charge is -2.28. The van der Waals surface area contributed by atoms with Crippen LogP contribution in [0.3, 0.4) is 0 Å². The van der Waals surface area contributed by atoms with E-state index in [1.165, 1.54) is 0 Å². The summed E-state index contributed by atoms with van der Waals surface area (Å²) in [7, 11) is 5.08. The summed E-state index contributed by atoms with van der Waals surface area (Å²) in [6.45, 7) is 12.8. The zero-order valence-electron chi connectivity index (χ0n) is 39.8. The number of ether oxygens (including phenoxy) is 4. The predicted molar refractivity (Wildman–Crippen MR) is 252 cm³/mol. The molecule has 358 valence electrons. The summed E-state index contributed by atoms with van der Waals surface area (Å²) in [5.74, 6) is -1.39. The van der Waals surface area contributed by atoms with Crippen molar-refractivity contribution in [2.24, 2.45) is 35.5 Å². The third kappa shape index (κ3) is 9.77. The number of carbonyl (C=O) groups is 4. The predicted octanol–water partition coefficient (Wildman–Crippen LogP) is 4.10. The second-order valence-corrected chi connectivity index (χ2v) is 16.1. The van der Waals surface area contributed by atoms with Crippen molar-refractivity contribution in [2.45, 2.75) is 86.5 Å². The van der Waals surface area contributed by atoms with Gasteiger partial charge in [0.15, 0.2) is 0 Å². The second-order valence-electron chi connectivity index (χ2n) is 16.1. The molecule has 0 aliphatic carbocycles. The fourth-order valence-corrected chi connectivity index (χ4v) is 8.39. The second kappa shape index (κ2) is 20.5. The smallest absolute Gasteiger partial charge is 0.298 e. The maximum Gasteiger partial charge on any atom is 0.298 e. The molecule has 68 heavy (non-hydrogen) atoms. The zero-order valence-corrected chi connectivity index (χ0v) is 39.8. The van der Waals surface area contributed by atoms with Gasteiger partial charge in [-0.3, -0.25) is 28.5 Å². The monoisotopic (exact) mass is 930 g/mol. The van der Waals surface area contributed by atoms with Gasteiger partial charge >= 0.3 is 0 Å². The van der Waals surface area contributed by atoms with Crippen molar-refractivity contribution < 1.29 is 38.1 Å². The molecule has 20 heteroatoms. The fraction of sp³-hybridized carbons (Fsp3) is 0.375. The molecule has 0 unspecified atom stereocenters. The van der Waals surface area contributed by atoms with Crippen molar-refractivity contribution in [2.75, 3.05) is 20.3 Å². The molecule has 2 atom stereocenters. The highest BCUT2D eigenvalue weighted by molar-refractivity contribution is 5.99. The van der Waals surface area contributed by atoms with Gasteiger partial charge in [-0.15, -0.1) is 0 Å². The van der Waals surface area contributed by atoms with E-state index in [1.54, 1.807) is 89.1 Å². The third-order valence-electron chi connectivity index (χ3n) is 11.7. The first-order valence-electron chi connectivity index (χ1n) is 22.4. The number of hydrogen-bond donors (Lipinski definition) is 2. The number of nitrogens with two attached hydrogens (primary N) is 2. The number of primary amides is 2. The van der Waals surface area contributed by atoms with Crippen molar-refractivity contribution in [3.63, 3.8) is 0 Å². The molecule has 4 heterocycles. The molecule has 7 aromatic rings. The van der Waals surface area contributed by atoms with E-state index in [4.69, 9.17) is 35.4 Å². The van der Waals surface area contributed by atoms with Crippen LogP contribution in [-0.2, 0) is 56.4 Å². The van der Waals surface area contributed by atoms with Crippen LogP contribution < -0.4 is 32.2 Å². The highest BCUT2D eigenvalue weighted by Crippen LogP contribution is 2.30. The molecule has 3 aromatic carbocycles. The van der Waals surface area contributed by atoms with Gasteiger partial charge in [0.25, 0.3) is 11.8 Å². The van der Waals surface area contributed by atoms with E-state index in [0.29, 0.717) is 69.4 Å². The minimum absolute atomic E-state index is 0.0420. The Balaban J connectivity index is 1.43. The highest BCUT2D eigenvalue weighted by Gasteiger charge is 2.30. The Morgan fingerprint density at radius 3 is 1.68 bits per heavy atom. The van der Waals surface area contributed by atoms with E-state index in [9.17, 15) is 19.2 Å².